The van der Waals surface area contributed by atoms with E-state index in [2.05, 4.69) is 4.98 Å². The van der Waals surface area contributed by atoms with Crippen molar-refractivity contribution in [3.05, 3.63) is 35.0 Å². The number of amides is 1. The average Bonchev–Trinajstić information content (AvgIpc) is 2.81. The van der Waals surface area contributed by atoms with Gasteiger partial charge in [0.1, 0.15) is 0 Å². The first-order valence-electron chi connectivity index (χ1n) is 7.84. The van der Waals surface area contributed by atoms with Crippen LogP contribution >= 0.6 is 0 Å². The fourth-order valence-electron chi connectivity index (χ4n) is 3.11. The van der Waals surface area contributed by atoms with Crippen molar-refractivity contribution in [2.45, 2.75) is 20.3 Å². The zero-order valence-electron chi connectivity index (χ0n) is 13.4. The lowest BCUT2D eigenvalue weighted by Gasteiger charge is -2.34. The van der Waals surface area contributed by atoms with Crippen molar-refractivity contribution in [3.8, 4) is 0 Å². The third-order valence-corrected chi connectivity index (χ3v) is 4.61. The molecule has 1 amide bonds. The normalized spacial score (nSPS) is 16.5. The Balaban J connectivity index is 1.72. The van der Waals surface area contributed by atoms with Crippen LogP contribution < -0.4 is 0 Å². The molecule has 0 unspecified atom stereocenters. The summed E-state index contributed by atoms with van der Waals surface area (Å²) in [4.78, 5) is 19.4. The van der Waals surface area contributed by atoms with E-state index in [9.17, 15) is 13.6 Å². The summed E-state index contributed by atoms with van der Waals surface area (Å²) >= 11 is 0. The molecule has 0 saturated carbocycles. The van der Waals surface area contributed by atoms with Gasteiger partial charge in [0.25, 0.3) is 12.3 Å². The highest BCUT2D eigenvalue weighted by atomic mass is 19.3. The number of hydrogen-bond donors (Lipinski definition) is 1. The Labute approximate surface area is 134 Å². The van der Waals surface area contributed by atoms with Gasteiger partial charge in [-0.15, -0.1) is 0 Å². The Bertz CT molecular complexity index is 718. The lowest BCUT2D eigenvalue weighted by atomic mass is 10.1. The van der Waals surface area contributed by atoms with Gasteiger partial charge in [0.05, 0.1) is 6.54 Å². The largest absolute Gasteiger partial charge is 0.358 e. The Kier molecular flexibility index (Phi) is 4.35. The minimum atomic E-state index is -2.32. The summed E-state index contributed by atoms with van der Waals surface area (Å²) < 4.78 is 24.8. The fraction of sp³-hybridized carbons (Fsp3) is 0.471. The maximum atomic E-state index is 12.6. The molecule has 6 heteroatoms. The highest BCUT2D eigenvalue weighted by molar-refractivity contribution is 5.99. The minimum absolute atomic E-state index is 0.0261. The molecule has 0 atom stereocenters. The zero-order chi connectivity index (χ0) is 16.6. The summed E-state index contributed by atoms with van der Waals surface area (Å²) in [6.45, 7) is 5.82. The standard InChI is InChI=1S/C17H21F2N3O/c1-11-12(2)20-15-4-3-13(9-14(11)15)17(23)22-7-5-21(6-8-22)10-16(18)19/h3-4,9,16,20H,5-8,10H2,1-2H3. The smallest absolute Gasteiger partial charge is 0.253 e. The van der Waals surface area contributed by atoms with Gasteiger partial charge in [-0.3, -0.25) is 9.69 Å². The number of nitrogens with zero attached hydrogens (tertiary/aromatic N) is 2. The van der Waals surface area contributed by atoms with Crippen molar-refractivity contribution in [2.24, 2.45) is 0 Å². The molecular formula is C17H21F2N3O. The van der Waals surface area contributed by atoms with Gasteiger partial charge in [0, 0.05) is 48.3 Å². The van der Waals surface area contributed by atoms with Crippen LogP contribution in [0.1, 0.15) is 21.6 Å². The molecular weight excluding hydrogens is 300 g/mol. The number of aromatic amines is 1. The summed E-state index contributed by atoms with van der Waals surface area (Å²) in [6, 6.07) is 5.67. The summed E-state index contributed by atoms with van der Waals surface area (Å²) in [5.41, 5.74) is 3.93. The van der Waals surface area contributed by atoms with Crippen molar-refractivity contribution in [2.75, 3.05) is 32.7 Å². The molecule has 1 aromatic carbocycles. The van der Waals surface area contributed by atoms with Gasteiger partial charge in [-0.2, -0.15) is 0 Å². The van der Waals surface area contributed by atoms with Gasteiger partial charge >= 0.3 is 0 Å². The molecule has 0 bridgehead atoms. The molecule has 1 aliphatic heterocycles. The number of carbonyl (C=O) groups excluding carboxylic acids is 1. The molecule has 0 spiro atoms. The van der Waals surface area contributed by atoms with E-state index in [1.54, 1.807) is 9.80 Å². The summed E-state index contributed by atoms with van der Waals surface area (Å²) in [6.07, 6.45) is -2.32. The second-order valence-electron chi connectivity index (χ2n) is 6.12. The summed E-state index contributed by atoms with van der Waals surface area (Å²) in [5.74, 6) is -0.0261. The monoisotopic (exact) mass is 321 g/mol. The molecule has 1 aromatic heterocycles. The Hall–Kier alpha value is -1.95. The molecule has 1 fully saturated rings. The molecule has 1 N–H and O–H groups in total. The number of benzene rings is 1. The van der Waals surface area contributed by atoms with E-state index in [-0.39, 0.29) is 12.5 Å². The molecule has 2 heterocycles. The second-order valence-corrected chi connectivity index (χ2v) is 6.12. The van der Waals surface area contributed by atoms with Crippen LogP contribution in [0.4, 0.5) is 8.78 Å². The number of fused-ring (bicyclic) bond motifs is 1. The predicted molar refractivity (Wildman–Crippen MR) is 86.1 cm³/mol. The van der Waals surface area contributed by atoms with Crippen molar-refractivity contribution >= 4 is 16.8 Å². The second kappa shape index (κ2) is 6.28. The number of nitrogens with one attached hydrogen (secondary N) is 1. The van der Waals surface area contributed by atoms with Crippen LogP contribution in [-0.2, 0) is 0 Å². The molecule has 23 heavy (non-hydrogen) atoms. The van der Waals surface area contributed by atoms with Crippen LogP contribution in [-0.4, -0.2) is 59.8 Å². The highest BCUT2D eigenvalue weighted by Crippen LogP contribution is 2.23. The first-order valence-corrected chi connectivity index (χ1v) is 7.84. The quantitative estimate of drug-likeness (QED) is 0.944. The summed E-state index contributed by atoms with van der Waals surface area (Å²) in [5, 5.41) is 1.06. The third kappa shape index (κ3) is 3.22. The van der Waals surface area contributed by atoms with Crippen LogP contribution in [0.2, 0.25) is 0 Å². The van der Waals surface area contributed by atoms with Gasteiger partial charge in [0.15, 0.2) is 0 Å². The number of piperazine rings is 1. The topological polar surface area (TPSA) is 39.3 Å². The third-order valence-electron chi connectivity index (χ3n) is 4.61. The summed E-state index contributed by atoms with van der Waals surface area (Å²) in [7, 11) is 0. The maximum Gasteiger partial charge on any atom is 0.253 e. The molecule has 0 radical (unpaired) electrons. The zero-order valence-corrected chi connectivity index (χ0v) is 13.4. The molecule has 3 rings (SSSR count). The molecule has 1 saturated heterocycles. The van der Waals surface area contributed by atoms with Gasteiger partial charge in [-0.25, -0.2) is 8.78 Å². The van der Waals surface area contributed by atoms with Gasteiger partial charge < -0.3 is 9.88 Å². The first kappa shape index (κ1) is 15.9. The number of alkyl halides is 2. The Morgan fingerprint density at radius 1 is 1.22 bits per heavy atom. The number of carbonyl (C=O) groups is 1. The van der Waals surface area contributed by atoms with E-state index in [1.165, 1.54) is 0 Å². The number of hydrogen-bond acceptors (Lipinski definition) is 2. The van der Waals surface area contributed by atoms with Crippen LogP contribution in [0.25, 0.3) is 10.9 Å². The van der Waals surface area contributed by atoms with Crippen molar-refractivity contribution in [3.63, 3.8) is 0 Å². The SMILES string of the molecule is Cc1[nH]c2ccc(C(=O)N3CCN(CC(F)F)CC3)cc2c1C. The molecule has 124 valence electrons. The lowest BCUT2D eigenvalue weighted by Crippen LogP contribution is -2.49. The predicted octanol–water partition coefficient (Wildman–Crippen LogP) is 2.81. The van der Waals surface area contributed by atoms with Crippen LogP contribution in [0.15, 0.2) is 18.2 Å². The molecule has 0 aliphatic carbocycles. The Morgan fingerprint density at radius 3 is 2.57 bits per heavy atom. The van der Waals surface area contributed by atoms with Crippen LogP contribution in [0, 0.1) is 13.8 Å². The van der Waals surface area contributed by atoms with Gasteiger partial charge in [-0.1, -0.05) is 0 Å². The molecule has 1 aliphatic rings. The maximum absolute atomic E-state index is 12.6. The van der Waals surface area contributed by atoms with E-state index < -0.39 is 6.43 Å². The van der Waals surface area contributed by atoms with Crippen molar-refractivity contribution in [1.29, 1.82) is 0 Å². The number of rotatable bonds is 3. The average molecular weight is 321 g/mol. The van der Waals surface area contributed by atoms with Crippen LogP contribution in [0.5, 0.6) is 0 Å². The van der Waals surface area contributed by atoms with Crippen LogP contribution in [0.3, 0.4) is 0 Å². The highest BCUT2D eigenvalue weighted by Gasteiger charge is 2.24. The number of aromatic nitrogens is 1. The van der Waals surface area contributed by atoms with E-state index in [4.69, 9.17) is 0 Å². The molecule has 2 aromatic rings. The number of aryl methyl sites for hydroxylation is 2. The first-order chi connectivity index (χ1) is 11.0. The van der Waals surface area contributed by atoms with Crippen molar-refractivity contribution in [1.82, 2.24) is 14.8 Å². The number of H-pyrrole nitrogens is 1. The number of halogens is 2. The van der Waals surface area contributed by atoms with E-state index in [1.807, 2.05) is 32.0 Å². The van der Waals surface area contributed by atoms with E-state index in [0.29, 0.717) is 31.7 Å². The van der Waals surface area contributed by atoms with Crippen molar-refractivity contribution < 1.29 is 13.6 Å². The van der Waals surface area contributed by atoms with Gasteiger partial charge in [0.2, 0.25) is 0 Å². The molecule has 4 nitrogen and oxygen atoms in total. The Morgan fingerprint density at radius 2 is 1.91 bits per heavy atom. The van der Waals surface area contributed by atoms with E-state index >= 15 is 0 Å². The van der Waals surface area contributed by atoms with E-state index in [0.717, 1.165) is 22.2 Å². The minimum Gasteiger partial charge on any atom is -0.358 e. The lowest BCUT2D eigenvalue weighted by molar-refractivity contribution is 0.0459. The van der Waals surface area contributed by atoms with Gasteiger partial charge in [-0.05, 0) is 37.6 Å². The fourth-order valence-corrected chi connectivity index (χ4v) is 3.11.